The lowest BCUT2D eigenvalue weighted by Gasteiger charge is -2.41. The largest absolute Gasteiger partial charge is 0.461 e. The lowest BCUT2D eigenvalue weighted by Crippen LogP contribution is -2.55. The summed E-state index contributed by atoms with van der Waals surface area (Å²) >= 11 is 0. The second-order valence-electron chi connectivity index (χ2n) is 14.0. The van der Waals surface area contributed by atoms with Gasteiger partial charge < -0.3 is 34.0 Å². The third-order valence-electron chi connectivity index (χ3n) is 10.6. The van der Waals surface area contributed by atoms with Crippen molar-refractivity contribution in [3.63, 3.8) is 0 Å². The highest BCUT2D eigenvalue weighted by Crippen LogP contribution is 2.42. The topological polar surface area (TPSA) is 142 Å². The smallest absolute Gasteiger partial charge is 0.391 e. The second-order valence-corrected chi connectivity index (χ2v) is 14.7. The predicted molar refractivity (Wildman–Crippen MR) is 190 cm³/mol. The van der Waals surface area contributed by atoms with Gasteiger partial charge in [-0.15, -0.1) is 0 Å². The van der Waals surface area contributed by atoms with Crippen molar-refractivity contribution in [2.45, 2.75) is 69.4 Å². The van der Waals surface area contributed by atoms with Gasteiger partial charge in [-0.25, -0.2) is 4.39 Å². The van der Waals surface area contributed by atoms with Crippen molar-refractivity contribution in [1.29, 1.82) is 0 Å². The number of amides is 1. The fourth-order valence-electron chi connectivity index (χ4n) is 8.28. The fraction of sp³-hybridized carbons (Fsp3) is 0.500. The van der Waals surface area contributed by atoms with Crippen LogP contribution in [0.3, 0.4) is 0 Å². The molecule has 50 heavy (non-hydrogen) atoms. The van der Waals surface area contributed by atoms with Crippen molar-refractivity contribution in [3.05, 3.63) is 47.9 Å². The number of hydrogen-bond donors (Lipinski definition) is 3. The van der Waals surface area contributed by atoms with E-state index in [9.17, 15) is 14.6 Å². The summed E-state index contributed by atoms with van der Waals surface area (Å²) in [5.74, 6) is 0.0319. The highest BCUT2D eigenvalue weighted by molar-refractivity contribution is 7.39. The van der Waals surface area contributed by atoms with E-state index in [1.807, 2.05) is 25.1 Å². The highest BCUT2D eigenvalue weighted by atomic mass is 31.2. The van der Waals surface area contributed by atoms with E-state index in [0.717, 1.165) is 80.8 Å². The minimum Gasteiger partial charge on any atom is -0.461 e. The molecule has 0 aliphatic carbocycles. The van der Waals surface area contributed by atoms with Crippen LogP contribution in [0.25, 0.3) is 32.9 Å². The van der Waals surface area contributed by atoms with Gasteiger partial charge in [-0.05, 0) is 99.8 Å². The first kappa shape index (κ1) is 34.7. The summed E-state index contributed by atoms with van der Waals surface area (Å²) in [6.45, 7) is 6.20. The van der Waals surface area contributed by atoms with E-state index in [-0.39, 0.29) is 28.5 Å². The number of methoxy groups -OCH3 is 1. The number of ether oxygens (including phenoxy) is 2. The minimum absolute atomic E-state index is 0.0467. The number of fused-ring (bicyclic) bond motifs is 3. The number of benzene rings is 2. The monoisotopic (exact) mass is 706 g/mol. The number of aromatic nitrogens is 3. The average Bonchev–Trinajstić information content (AvgIpc) is 3.68. The number of halogens is 1. The van der Waals surface area contributed by atoms with Gasteiger partial charge in [-0.2, -0.15) is 9.97 Å². The van der Waals surface area contributed by atoms with E-state index in [4.69, 9.17) is 28.9 Å². The van der Waals surface area contributed by atoms with Gasteiger partial charge in [0.1, 0.15) is 29.4 Å². The molecule has 2 aromatic heterocycles. The van der Waals surface area contributed by atoms with Crippen molar-refractivity contribution >= 4 is 42.5 Å². The molecule has 1 amide bonds. The lowest BCUT2D eigenvalue weighted by molar-refractivity contribution is -0.111. The molecule has 1 unspecified atom stereocenters. The Kier molecular flexibility index (Phi) is 10.0. The third kappa shape index (κ3) is 6.81. The van der Waals surface area contributed by atoms with Crippen LogP contribution in [0, 0.1) is 5.82 Å². The third-order valence-corrected chi connectivity index (χ3v) is 11.0. The quantitative estimate of drug-likeness (QED) is 0.0952. The summed E-state index contributed by atoms with van der Waals surface area (Å²) in [6.07, 6.45) is 9.66. The summed E-state index contributed by atoms with van der Waals surface area (Å²) in [6, 6.07) is 9.18. The van der Waals surface area contributed by atoms with E-state index in [1.165, 1.54) is 0 Å². The van der Waals surface area contributed by atoms with Gasteiger partial charge in [-0.3, -0.25) is 14.7 Å². The molecule has 0 spiro atoms. The number of aryl methyl sites for hydroxylation is 1. The van der Waals surface area contributed by atoms with E-state index in [0.29, 0.717) is 49.5 Å². The zero-order chi connectivity index (χ0) is 34.9. The molecule has 0 radical (unpaired) electrons. The Morgan fingerprint density at radius 2 is 1.90 bits per heavy atom. The molecule has 14 heteroatoms. The van der Waals surface area contributed by atoms with Crippen LogP contribution in [0.1, 0.15) is 57.4 Å². The van der Waals surface area contributed by atoms with Crippen molar-refractivity contribution in [3.8, 4) is 23.0 Å². The number of anilines is 1. The van der Waals surface area contributed by atoms with E-state index in [1.54, 1.807) is 25.4 Å². The Labute approximate surface area is 292 Å². The van der Waals surface area contributed by atoms with Crippen LogP contribution < -0.4 is 19.5 Å². The van der Waals surface area contributed by atoms with Crippen molar-refractivity contribution < 1.29 is 33.0 Å². The fourth-order valence-corrected chi connectivity index (χ4v) is 8.58. The molecule has 12 nitrogen and oxygen atoms in total. The normalized spacial score (nSPS) is 20.5. The maximum absolute atomic E-state index is 17.2. The molecule has 3 aliphatic rings. The van der Waals surface area contributed by atoms with E-state index in [2.05, 4.69) is 15.1 Å². The standard InChI is InChI=1S/C36H44FN6O6P/c1-35(39-23-44)11-5-14-42(21-35)33-28-20-38-31(30(37)32(28)40-34(41-33)48-22-36-12-6-15-43(36)16-7-13-36)27-19-26(49-50(45)46)18-25-9-3-8-24(29(25)27)10-4-17-47-2/h3,8-9,18-20,23,45-46H,4-7,10-17,21-22H2,1-2H3,(H,39,44). The van der Waals surface area contributed by atoms with Crippen LogP contribution in [0.15, 0.2) is 36.5 Å². The molecular weight excluding hydrogens is 662 g/mol. The Bertz CT molecular complexity index is 1870. The second kappa shape index (κ2) is 14.5. The summed E-state index contributed by atoms with van der Waals surface area (Å²) in [7, 11) is -1.06. The number of pyridine rings is 1. The molecule has 3 N–H and O–H groups in total. The number of nitrogens with one attached hydrogen (secondary N) is 1. The maximum Gasteiger partial charge on any atom is 0.391 e. The Balaban J connectivity index is 1.37. The SMILES string of the molecule is COCCCc1cccc2cc(OP(O)O)cc(-c3ncc4c(N5CCCC(C)(NC=O)C5)nc(OCC56CCCN5CCC6)nc4c3F)c12. The van der Waals surface area contributed by atoms with Crippen LogP contribution in [0.5, 0.6) is 11.8 Å². The number of carbonyl (C=O) groups is 1. The number of hydrogen-bond acceptors (Lipinski definition) is 11. The minimum atomic E-state index is -2.71. The Morgan fingerprint density at radius 1 is 1.10 bits per heavy atom. The van der Waals surface area contributed by atoms with Crippen LogP contribution in [0.4, 0.5) is 10.2 Å². The zero-order valence-corrected chi connectivity index (χ0v) is 29.4. The molecule has 1 atom stereocenters. The first-order valence-corrected chi connectivity index (χ1v) is 18.5. The Hall–Kier alpha value is -3.74. The van der Waals surface area contributed by atoms with Gasteiger partial charge in [0.2, 0.25) is 6.41 Å². The summed E-state index contributed by atoms with van der Waals surface area (Å²) < 4.78 is 34.3. The summed E-state index contributed by atoms with van der Waals surface area (Å²) in [5.41, 5.74) is 0.976. The molecule has 5 heterocycles. The number of rotatable bonds is 13. The summed E-state index contributed by atoms with van der Waals surface area (Å²) in [5, 5.41) is 4.92. The van der Waals surface area contributed by atoms with Crippen molar-refractivity contribution in [2.75, 3.05) is 51.4 Å². The van der Waals surface area contributed by atoms with Gasteiger partial charge in [0.15, 0.2) is 5.82 Å². The molecule has 2 aromatic carbocycles. The zero-order valence-electron chi connectivity index (χ0n) is 28.5. The molecule has 4 aromatic rings. The predicted octanol–water partition coefficient (Wildman–Crippen LogP) is 5.27. The molecule has 3 fully saturated rings. The van der Waals surface area contributed by atoms with Crippen LogP contribution in [-0.2, 0) is 16.0 Å². The van der Waals surface area contributed by atoms with Gasteiger partial charge >= 0.3 is 14.6 Å². The molecule has 7 rings (SSSR count). The average molecular weight is 707 g/mol. The van der Waals surface area contributed by atoms with Crippen LogP contribution in [-0.4, -0.2) is 93.6 Å². The number of nitrogens with zero attached hydrogens (tertiary/aromatic N) is 5. The molecule has 0 bridgehead atoms. The van der Waals surface area contributed by atoms with Crippen molar-refractivity contribution in [2.24, 2.45) is 0 Å². The van der Waals surface area contributed by atoms with E-state index >= 15 is 4.39 Å². The first-order valence-electron chi connectivity index (χ1n) is 17.3. The molecule has 3 saturated heterocycles. The van der Waals surface area contributed by atoms with E-state index < -0.39 is 20.0 Å². The van der Waals surface area contributed by atoms with Crippen molar-refractivity contribution in [1.82, 2.24) is 25.2 Å². The van der Waals surface area contributed by atoms with Gasteiger partial charge in [0.05, 0.1) is 16.5 Å². The molecule has 266 valence electrons. The Morgan fingerprint density at radius 3 is 2.66 bits per heavy atom. The molecule has 0 saturated carbocycles. The van der Waals surface area contributed by atoms with Gasteiger partial charge in [0, 0.05) is 38.6 Å². The lowest BCUT2D eigenvalue weighted by atomic mass is 9.91. The highest BCUT2D eigenvalue weighted by Gasteiger charge is 2.45. The molecule has 3 aliphatic heterocycles. The maximum atomic E-state index is 17.2. The van der Waals surface area contributed by atoms with Gasteiger partial charge in [0.25, 0.3) is 0 Å². The first-order chi connectivity index (χ1) is 24.2. The number of carbonyl (C=O) groups excluding carboxylic acids is 1. The summed E-state index contributed by atoms with van der Waals surface area (Å²) in [4.78, 5) is 49.7. The van der Waals surface area contributed by atoms with Crippen LogP contribution >= 0.6 is 8.60 Å². The molecular formula is C36H44FN6O6P. The number of piperidine rings is 1. The van der Waals surface area contributed by atoms with Crippen LogP contribution in [0.2, 0.25) is 0 Å². The van der Waals surface area contributed by atoms with Gasteiger partial charge in [-0.1, -0.05) is 18.2 Å².